The van der Waals surface area contributed by atoms with Gasteiger partial charge in [0.25, 0.3) is 0 Å². The van der Waals surface area contributed by atoms with E-state index in [4.69, 9.17) is 4.98 Å². The maximum absolute atomic E-state index is 4.72. The topological polar surface area (TPSA) is 64.5 Å². The van der Waals surface area contributed by atoms with E-state index in [0.29, 0.717) is 0 Å². The van der Waals surface area contributed by atoms with Crippen LogP contribution >= 0.6 is 0 Å². The SMILES string of the molecule is CC.CC.CC.CC.CC(C)(C)c1cccc(C(C)(C)C)c1.CC(C)(C)c1cccc(C(C)(C)C)n1.CC(C)(C)c1ccnc(C(C)(C)C)n1.CC(C)(C)c1ccnc(C(C)(C)C)n1. The summed E-state index contributed by atoms with van der Waals surface area (Å²) in [6, 6.07) is 19.2. The third-order valence-corrected chi connectivity index (χ3v) is 9.07. The van der Waals surface area contributed by atoms with Crippen LogP contribution in [0.15, 0.2) is 67.0 Å². The summed E-state index contributed by atoms with van der Waals surface area (Å²) in [5.41, 5.74) is 8.44. The molecule has 0 aliphatic heterocycles. The van der Waals surface area contributed by atoms with Gasteiger partial charge in [0, 0.05) is 67.7 Å². The zero-order valence-electron chi connectivity index (χ0n) is 48.6. The molecule has 3 aromatic heterocycles. The zero-order chi connectivity index (χ0) is 51.9. The summed E-state index contributed by atoms with van der Waals surface area (Å²) in [5.74, 6) is 1.84. The zero-order valence-corrected chi connectivity index (χ0v) is 48.6. The normalized spacial score (nSPS) is 11.8. The van der Waals surface area contributed by atoms with E-state index in [-0.39, 0.29) is 43.3 Å². The lowest BCUT2D eigenvalue weighted by atomic mass is 9.81. The molecular weight excluding hydrogens is 779 g/mol. The number of benzene rings is 1. The highest BCUT2D eigenvalue weighted by Crippen LogP contribution is 2.29. The summed E-state index contributed by atoms with van der Waals surface area (Å²) in [4.78, 5) is 22.5. The average Bonchev–Trinajstić information content (AvgIpc) is 3.19. The van der Waals surface area contributed by atoms with Crippen LogP contribution < -0.4 is 0 Å². The Balaban J connectivity index is -0.000000355. The van der Waals surface area contributed by atoms with Crippen LogP contribution in [0.4, 0.5) is 0 Å². The van der Waals surface area contributed by atoms with Gasteiger partial charge in [-0.15, -0.1) is 0 Å². The Morgan fingerprint density at radius 3 is 0.719 bits per heavy atom. The lowest BCUT2D eigenvalue weighted by molar-refractivity contribution is 0.513. The molecular formula is C59H107N5. The van der Waals surface area contributed by atoms with Crippen molar-refractivity contribution >= 4 is 0 Å². The summed E-state index contributed by atoms with van der Waals surface area (Å²) in [6.07, 6.45) is 3.71. The van der Waals surface area contributed by atoms with Gasteiger partial charge < -0.3 is 0 Å². The van der Waals surface area contributed by atoms with Gasteiger partial charge in [-0.3, -0.25) is 4.98 Å². The molecule has 3 heterocycles. The van der Waals surface area contributed by atoms with Crippen molar-refractivity contribution < 1.29 is 0 Å². The molecule has 0 bridgehead atoms. The Labute approximate surface area is 400 Å². The van der Waals surface area contributed by atoms with Gasteiger partial charge in [0.05, 0.1) is 0 Å². The Hall–Kier alpha value is -3.47. The molecule has 1 aromatic carbocycles. The van der Waals surface area contributed by atoms with E-state index in [9.17, 15) is 0 Å². The van der Waals surface area contributed by atoms with E-state index in [2.05, 4.69) is 229 Å². The summed E-state index contributed by atoms with van der Waals surface area (Å²) < 4.78 is 0. The second-order valence-electron chi connectivity index (χ2n) is 23.5. The lowest BCUT2D eigenvalue weighted by Gasteiger charge is -2.24. The second kappa shape index (κ2) is 28.5. The number of rotatable bonds is 0. The van der Waals surface area contributed by atoms with Crippen molar-refractivity contribution in [3.8, 4) is 0 Å². The molecule has 0 amide bonds. The van der Waals surface area contributed by atoms with Crippen LogP contribution in [0.3, 0.4) is 0 Å². The number of aromatic nitrogens is 5. The molecule has 0 fully saturated rings. The van der Waals surface area contributed by atoms with Crippen LogP contribution in [0.5, 0.6) is 0 Å². The molecule has 0 unspecified atom stereocenters. The highest BCUT2D eigenvalue weighted by atomic mass is 14.9. The van der Waals surface area contributed by atoms with Crippen molar-refractivity contribution in [1.82, 2.24) is 24.9 Å². The molecule has 0 radical (unpaired) electrons. The minimum Gasteiger partial charge on any atom is -0.257 e. The molecule has 0 N–H and O–H groups in total. The first-order valence-electron chi connectivity index (χ1n) is 24.6. The monoisotopic (exact) mass is 886 g/mol. The largest absolute Gasteiger partial charge is 0.257 e. The first kappa shape index (κ1) is 67.1. The third-order valence-electron chi connectivity index (χ3n) is 9.07. The van der Waals surface area contributed by atoms with Crippen molar-refractivity contribution in [2.75, 3.05) is 0 Å². The van der Waals surface area contributed by atoms with E-state index in [1.54, 1.807) is 0 Å². The van der Waals surface area contributed by atoms with Gasteiger partial charge in [0.2, 0.25) is 0 Å². The summed E-state index contributed by atoms with van der Waals surface area (Å²) in [6.45, 7) is 68.5. The smallest absolute Gasteiger partial charge is 0.133 e. The molecule has 368 valence electrons. The standard InChI is InChI=1S/C14H22.C13H21N.2C12H20N2.4C2H6/c1-13(2,3)11-8-7-9-12(10-11)14(4,5)6;1-12(2,3)10-8-7-9-11(14-10)13(4,5)6;2*1-11(2,3)9-7-8-13-10(14-9)12(4,5)6;4*1-2/h7-10H,1-6H3;7-9H,1-6H3;2*7-8H,1-6H3;4*1-2H3. The molecule has 64 heavy (non-hydrogen) atoms. The number of nitrogens with zero attached hydrogens (tertiary/aromatic N) is 5. The fraction of sp³-hybridized carbons (Fsp3) is 0.678. The van der Waals surface area contributed by atoms with E-state index in [1.807, 2.05) is 79.9 Å². The second-order valence-corrected chi connectivity index (χ2v) is 23.5. The maximum Gasteiger partial charge on any atom is 0.133 e. The molecule has 0 aliphatic carbocycles. The highest BCUT2D eigenvalue weighted by molar-refractivity contribution is 5.32. The van der Waals surface area contributed by atoms with Gasteiger partial charge in [-0.25, -0.2) is 19.9 Å². The first-order valence-corrected chi connectivity index (χ1v) is 24.6. The van der Waals surface area contributed by atoms with E-state index >= 15 is 0 Å². The predicted molar refractivity (Wildman–Crippen MR) is 290 cm³/mol. The van der Waals surface area contributed by atoms with Crippen molar-refractivity contribution in [2.24, 2.45) is 0 Å². The number of pyridine rings is 1. The Kier molecular flexibility index (Phi) is 29.9. The van der Waals surface area contributed by atoms with Crippen LogP contribution in [0.25, 0.3) is 0 Å². The maximum atomic E-state index is 4.72. The fourth-order valence-corrected chi connectivity index (χ4v) is 5.00. The van der Waals surface area contributed by atoms with Crippen molar-refractivity contribution in [1.29, 1.82) is 0 Å². The van der Waals surface area contributed by atoms with E-state index in [0.717, 1.165) is 23.0 Å². The number of hydrogen-bond donors (Lipinski definition) is 0. The molecule has 0 saturated heterocycles. The molecule has 4 rings (SSSR count). The summed E-state index contributed by atoms with van der Waals surface area (Å²) in [7, 11) is 0. The lowest BCUT2D eigenvalue weighted by Crippen LogP contribution is -2.21. The predicted octanol–water partition coefficient (Wildman–Crippen LogP) is 18.2. The van der Waals surface area contributed by atoms with Crippen LogP contribution in [0, 0.1) is 0 Å². The quantitative estimate of drug-likeness (QED) is 0.176. The Morgan fingerprint density at radius 1 is 0.266 bits per heavy atom. The van der Waals surface area contributed by atoms with Gasteiger partial charge in [-0.2, -0.15) is 0 Å². The molecule has 0 spiro atoms. The van der Waals surface area contributed by atoms with Gasteiger partial charge in [-0.1, -0.05) is 252 Å². The minimum atomic E-state index is 0.0290. The Bertz CT molecular complexity index is 1410. The molecule has 0 atom stereocenters. The van der Waals surface area contributed by atoms with Crippen molar-refractivity contribution in [3.63, 3.8) is 0 Å². The van der Waals surface area contributed by atoms with Gasteiger partial charge >= 0.3 is 0 Å². The fourth-order valence-electron chi connectivity index (χ4n) is 5.00. The molecule has 0 saturated carbocycles. The van der Waals surface area contributed by atoms with Crippen LogP contribution in [0.2, 0.25) is 0 Å². The molecule has 5 nitrogen and oxygen atoms in total. The first-order chi connectivity index (χ1) is 28.8. The minimum absolute atomic E-state index is 0.0290. The van der Waals surface area contributed by atoms with Gasteiger partial charge in [0.15, 0.2) is 0 Å². The molecule has 0 aliphatic rings. The summed E-state index contributed by atoms with van der Waals surface area (Å²) >= 11 is 0. The molecule has 4 aromatic rings. The van der Waals surface area contributed by atoms with Gasteiger partial charge in [-0.05, 0) is 46.2 Å². The highest BCUT2D eigenvalue weighted by Gasteiger charge is 2.24. The molecule has 5 heteroatoms. The average molecular weight is 887 g/mol. The van der Waals surface area contributed by atoms with E-state index in [1.165, 1.54) is 22.5 Å². The van der Waals surface area contributed by atoms with Crippen LogP contribution in [-0.4, -0.2) is 24.9 Å². The summed E-state index contributed by atoms with van der Waals surface area (Å²) in [5, 5.41) is 0. The third kappa shape index (κ3) is 27.1. The Morgan fingerprint density at radius 2 is 0.500 bits per heavy atom. The van der Waals surface area contributed by atoms with Gasteiger partial charge in [0.1, 0.15) is 11.6 Å². The van der Waals surface area contributed by atoms with Crippen molar-refractivity contribution in [3.05, 3.63) is 113 Å². The van der Waals surface area contributed by atoms with Crippen LogP contribution in [0.1, 0.15) is 267 Å². The number of hydrogen-bond acceptors (Lipinski definition) is 5. The van der Waals surface area contributed by atoms with Crippen molar-refractivity contribution in [2.45, 2.75) is 265 Å². The van der Waals surface area contributed by atoms with E-state index < -0.39 is 0 Å². The van der Waals surface area contributed by atoms with Crippen LogP contribution in [-0.2, 0) is 43.3 Å².